The molecule has 2 aromatic carbocycles. The Morgan fingerprint density at radius 2 is 1.79 bits per heavy atom. The smallest absolute Gasteiger partial charge is 0.235 e. The largest absolute Gasteiger partial charge is 0.507 e. The van der Waals surface area contributed by atoms with Crippen LogP contribution in [0.15, 0.2) is 36.4 Å². The van der Waals surface area contributed by atoms with E-state index in [-0.39, 0.29) is 36.4 Å². The number of alkyl halides is 1. The number of carbonyl (C=O) groups excluding carboxylic acids is 6. The van der Waals surface area contributed by atoms with E-state index in [9.17, 15) is 39.0 Å². The molecule has 3 aliphatic rings. The van der Waals surface area contributed by atoms with E-state index < -0.39 is 76.0 Å². The van der Waals surface area contributed by atoms with Crippen LogP contribution in [0.25, 0.3) is 11.1 Å². The van der Waals surface area contributed by atoms with Gasteiger partial charge in [-0.2, -0.15) is 0 Å². The number of carbonyl (C=O) groups is 6. The van der Waals surface area contributed by atoms with Gasteiger partial charge >= 0.3 is 0 Å². The maximum Gasteiger partial charge on any atom is 0.235 e. The van der Waals surface area contributed by atoms with Gasteiger partial charge in [0.05, 0.1) is 17.5 Å². The molecule has 5 rings (SSSR count). The average Bonchev–Trinajstić information content (AvgIpc) is 2.94. The van der Waals surface area contributed by atoms with Gasteiger partial charge in [-0.25, -0.2) is 0 Å². The molecule has 0 aromatic heterocycles. The molecule has 2 amide bonds. The molecule has 3 aliphatic carbocycles. The van der Waals surface area contributed by atoms with Crippen molar-refractivity contribution >= 4 is 46.5 Å². The second kappa shape index (κ2) is 10.7. The molecule has 2 unspecified atom stereocenters. The maximum absolute atomic E-state index is 14.2. The fourth-order valence-electron chi connectivity index (χ4n) is 6.98. The van der Waals surface area contributed by atoms with E-state index in [4.69, 9.17) is 17.3 Å². The van der Waals surface area contributed by atoms with E-state index in [0.29, 0.717) is 11.1 Å². The maximum atomic E-state index is 14.2. The topological polar surface area (TPSA) is 184 Å². The van der Waals surface area contributed by atoms with Crippen LogP contribution in [0.3, 0.4) is 0 Å². The minimum absolute atomic E-state index is 0.0492. The molecule has 0 radical (unpaired) electrons. The molecule has 11 nitrogen and oxygen atoms in total. The van der Waals surface area contributed by atoms with Crippen molar-refractivity contribution in [3.05, 3.63) is 53.1 Å². The number of phenolic OH excluding ortho intramolecular Hbond substituents is 1. The number of benzene rings is 2. The Bertz CT molecular complexity index is 1540. The summed E-state index contributed by atoms with van der Waals surface area (Å²) in [7, 11) is 3.07. The van der Waals surface area contributed by atoms with Gasteiger partial charge in [0.15, 0.2) is 34.7 Å². The summed E-state index contributed by atoms with van der Waals surface area (Å²) in [6, 6.07) is 9.55. The number of rotatable bonds is 6. The summed E-state index contributed by atoms with van der Waals surface area (Å²) in [5.74, 6) is -12.0. The number of nitrogens with zero attached hydrogens (tertiary/aromatic N) is 1. The number of fused-ring (bicyclic) bond motifs is 3. The minimum atomic E-state index is -2.80. The lowest BCUT2D eigenvalue weighted by Gasteiger charge is -2.52. The molecule has 220 valence electrons. The number of aromatic hydroxyl groups is 1. The number of halogens is 1. The van der Waals surface area contributed by atoms with Gasteiger partial charge in [-0.3, -0.25) is 33.7 Å². The van der Waals surface area contributed by atoms with Crippen LogP contribution in [0.5, 0.6) is 5.75 Å². The van der Waals surface area contributed by atoms with Crippen molar-refractivity contribution in [2.75, 3.05) is 20.0 Å². The molecule has 2 aromatic rings. The van der Waals surface area contributed by atoms with E-state index in [1.54, 1.807) is 18.2 Å². The molecule has 42 heavy (non-hydrogen) atoms. The van der Waals surface area contributed by atoms with Crippen molar-refractivity contribution in [3.8, 4) is 16.9 Å². The zero-order chi connectivity index (χ0) is 30.7. The number of hydrogen-bond donors (Lipinski definition) is 4. The van der Waals surface area contributed by atoms with Crippen molar-refractivity contribution in [2.45, 2.75) is 31.0 Å². The van der Waals surface area contributed by atoms with Crippen LogP contribution in [0.2, 0.25) is 0 Å². The van der Waals surface area contributed by atoms with Crippen LogP contribution in [-0.2, 0) is 36.9 Å². The van der Waals surface area contributed by atoms with Crippen molar-refractivity contribution in [1.29, 1.82) is 0 Å². The highest BCUT2D eigenvalue weighted by atomic mass is 35.5. The number of amides is 2. The number of nitrogens with one attached hydrogen (secondary N) is 1. The molecular formula is C30H30ClN3O8. The highest BCUT2D eigenvalue weighted by Gasteiger charge is 2.69. The summed E-state index contributed by atoms with van der Waals surface area (Å²) < 4.78 is 0. The Kier molecular flexibility index (Phi) is 7.55. The quantitative estimate of drug-likeness (QED) is 0.271. The van der Waals surface area contributed by atoms with Gasteiger partial charge < -0.3 is 21.3 Å². The van der Waals surface area contributed by atoms with Crippen LogP contribution in [0, 0.1) is 23.7 Å². The van der Waals surface area contributed by atoms with Gasteiger partial charge in [0.2, 0.25) is 11.8 Å². The summed E-state index contributed by atoms with van der Waals surface area (Å²) in [5, 5.41) is 25.6. The van der Waals surface area contributed by atoms with Crippen LogP contribution in [0.1, 0.15) is 27.9 Å². The molecule has 12 heteroatoms. The predicted molar refractivity (Wildman–Crippen MR) is 149 cm³/mol. The number of likely N-dealkylation sites (N-methyl/N-ethyl adjacent to an activating group) is 1. The third-order valence-corrected chi connectivity index (χ3v) is 9.07. The fourth-order valence-corrected chi connectivity index (χ4v) is 7.07. The van der Waals surface area contributed by atoms with Gasteiger partial charge in [0, 0.05) is 18.0 Å². The van der Waals surface area contributed by atoms with Gasteiger partial charge in [-0.1, -0.05) is 30.3 Å². The molecule has 0 saturated heterocycles. The first-order chi connectivity index (χ1) is 19.8. The second-order valence-corrected chi connectivity index (χ2v) is 11.6. The van der Waals surface area contributed by atoms with Crippen molar-refractivity contribution in [2.24, 2.45) is 29.4 Å². The second-order valence-electron chi connectivity index (χ2n) is 11.4. The fraction of sp³-hybridized carbons (Fsp3) is 0.400. The highest BCUT2D eigenvalue weighted by Crippen LogP contribution is 2.52. The molecule has 2 saturated carbocycles. The lowest BCUT2D eigenvalue weighted by molar-refractivity contribution is -0.181. The van der Waals surface area contributed by atoms with Crippen molar-refractivity contribution in [3.63, 3.8) is 0 Å². The average molecular weight is 596 g/mol. The molecule has 0 heterocycles. The van der Waals surface area contributed by atoms with Gasteiger partial charge in [0.1, 0.15) is 11.6 Å². The van der Waals surface area contributed by atoms with Gasteiger partial charge in [0.25, 0.3) is 0 Å². The number of ketones is 4. The molecule has 5 N–H and O–H groups in total. The monoisotopic (exact) mass is 595 g/mol. The summed E-state index contributed by atoms with van der Waals surface area (Å²) in [6.45, 7) is -0.156. The summed E-state index contributed by atoms with van der Waals surface area (Å²) in [5.41, 5.74) is 4.43. The Balaban J connectivity index is 1.67. The lowest BCUT2D eigenvalue weighted by atomic mass is 9.52. The Morgan fingerprint density at radius 3 is 2.38 bits per heavy atom. The van der Waals surface area contributed by atoms with E-state index >= 15 is 0 Å². The number of aliphatic hydroxyl groups is 1. The number of phenols is 1. The summed E-state index contributed by atoms with van der Waals surface area (Å²) in [4.78, 5) is 80.4. The van der Waals surface area contributed by atoms with Crippen LogP contribution < -0.4 is 11.1 Å². The number of hydrogen-bond acceptors (Lipinski definition) is 9. The van der Waals surface area contributed by atoms with Crippen molar-refractivity contribution in [1.82, 2.24) is 10.2 Å². The number of primary amides is 1. The van der Waals surface area contributed by atoms with E-state index in [1.165, 1.54) is 19.0 Å². The molecule has 2 fully saturated rings. The summed E-state index contributed by atoms with van der Waals surface area (Å²) in [6.07, 6.45) is 0.0738. The number of Topliss-reactive ketones (excluding diaryl/α,β-unsaturated/α-hetero) is 4. The van der Waals surface area contributed by atoms with E-state index in [0.717, 1.165) is 5.56 Å². The first kappa shape index (κ1) is 29.6. The van der Waals surface area contributed by atoms with Gasteiger partial charge in [-0.15, -0.1) is 11.6 Å². The first-order valence-electron chi connectivity index (χ1n) is 13.4. The normalized spacial score (nSPS) is 28.6. The minimum Gasteiger partial charge on any atom is -0.507 e. The third kappa shape index (κ3) is 4.34. The number of nitrogens with two attached hydrogens (primary N) is 1. The van der Waals surface area contributed by atoms with E-state index in [2.05, 4.69) is 5.32 Å². The Hall–Kier alpha value is -3.93. The molecule has 0 aliphatic heterocycles. The van der Waals surface area contributed by atoms with E-state index in [1.807, 2.05) is 18.2 Å². The highest BCUT2D eigenvalue weighted by molar-refractivity contribution is 6.32. The first-order valence-corrected chi connectivity index (χ1v) is 14.0. The van der Waals surface area contributed by atoms with Crippen molar-refractivity contribution < 1.29 is 39.0 Å². The molecular weight excluding hydrogens is 566 g/mol. The third-order valence-electron chi connectivity index (χ3n) is 8.82. The van der Waals surface area contributed by atoms with Crippen LogP contribution in [0.4, 0.5) is 0 Å². The lowest BCUT2D eigenvalue weighted by Crippen LogP contribution is -2.74. The Morgan fingerprint density at radius 1 is 1.12 bits per heavy atom. The Labute approximate surface area is 246 Å². The molecule has 0 bridgehead atoms. The summed E-state index contributed by atoms with van der Waals surface area (Å²) >= 11 is 5.60. The van der Waals surface area contributed by atoms with Crippen LogP contribution in [-0.4, -0.2) is 81.7 Å². The molecule has 0 spiro atoms. The standard InChI is InChI=1S/C30H30ClN3O8/c1-34(2)23-18-10-14-8-17-16(13-6-4-3-5-7-13)9-15(12-33-19(35)11-31)24(36)21(17)25(37)20(14)27(39)30(18,42)28(40)22(26(23)38)29(32)41/h3-7,9,14,18,20,22-23,36,42H,8,10-12H2,1-2H3,(H2,32,41)(H,33,35)/t14-,18-,20?,22?,23-,30-/m1/s1. The zero-order valence-electron chi connectivity index (χ0n) is 22.9. The van der Waals surface area contributed by atoms with Gasteiger partial charge in [-0.05, 0) is 55.6 Å². The zero-order valence-corrected chi connectivity index (χ0v) is 23.7. The predicted octanol–water partition coefficient (Wildman–Crippen LogP) is 0.389. The van der Waals surface area contributed by atoms with Crippen LogP contribution >= 0.6 is 11.6 Å². The SMILES string of the molecule is CN(C)[C@H]1C(=O)C(C(N)=O)C(=O)[C@]2(O)C(=O)C3C(=O)c4c(O)c(CNC(=O)CCl)cc(-c5ccccc5)c4C[C@@H]3C[C@H]12. The molecule has 6 atom stereocenters.